The molecular formula is C11H17ClN2. The van der Waals surface area contributed by atoms with Gasteiger partial charge in [0.2, 0.25) is 0 Å². The topological polar surface area (TPSA) is 52.0 Å². The Morgan fingerprint density at radius 2 is 1.86 bits per heavy atom. The molecule has 0 spiro atoms. The van der Waals surface area contributed by atoms with Gasteiger partial charge in [0.15, 0.2) is 0 Å². The Hall–Kier alpha value is -0.730. The summed E-state index contributed by atoms with van der Waals surface area (Å²) < 4.78 is 0. The normalized spacial score (nSPS) is 14.1. The summed E-state index contributed by atoms with van der Waals surface area (Å²) in [6.45, 7) is 6.30. The summed E-state index contributed by atoms with van der Waals surface area (Å²) in [5, 5.41) is 0.579. The number of hydrogen-bond acceptors (Lipinski definition) is 2. The van der Waals surface area contributed by atoms with E-state index in [1.807, 2.05) is 12.1 Å². The predicted molar refractivity (Wildman–Crippen MR) is 62.2 cm³/mol. The van der Waals surface area contributed by atoms with Crippen LogP contribution in [0.25, 0.3) is 0 Å². The molecule has 3 heteroatoms. The molecular weight excluding hydrogens is 196 g/mol. The molecule has 0 amide bonds. The van der Waals surface area contributed by atoms with Crippen molar-refractivity contribution >= 4 is 17.3 Å². The maximum Gasteiger partial charge on any atom is 0.0635 e. The van der Waals surface area contributed by atoms with Gasteiger partial charge in [0.05, 0.1) is 10.7 Å². The Morgan fingerprint density at radius 3 is 2.29 bits per heavy atom. The smallest absolute Gasteiger partial charge is 0.0635 e. The van der Waals surface area contributed by atoms with Gasteiger partial charge in [0.25, 0.3) is 0 Å². The van der Waals surface area contributed by atoms with Crippen molar-refractivity contribution in [1.82, 2.24) is 0 Å². The Bertz CT molecular complexity index is 329. The van der Waals surface area contributed by atoms with E-state index in [0.717, 1.165) is 5.56 Å². The van der Waals surface area contributed by atoms with Crippen molar-refractivity contribution in [1.29, 1.82) is 0 Å². The quantitative estimate of drug-likeness (QED) is 0.704. The molecule has 0 saturated heterocycles. The SMILES string of the molecule is CC(C)(C)C(N)c1ccc(Cl)c(N)c1. The lowest BCUT2D eigenvalue weighted by Crippen LogP contribution is -2.26. The molecule has 0 fully saturated rings. The van der Waals surface area contributed by atoms with Crippen LogP contribution in [-0.2, 0) is 0 Å². The van der Waals surface area contributed by atoms with Gasteiger partial charge in [0.1, 0.15) is 0 Å². The van der Waals surface area contributed by atoms with Crippen LogP contribution in [0.3, 0.4) is 0 Å². The summed E-state index contributed by atoms with van der Waals surface area (Å²) in [4.78, 5) is 0. The minimum Gasteiger partial charge on any atom is -0.398 e. The summed E-state index contributed by atoms with van der Waals surface area (Å²) in [5.74, 6) is 0. The van der Waals surface area contributed by atoms with Crippen LogP contribution in [0.15, 0.2) is 18.2 Å². The third-order valence-corrected chi connectivity index (χ3v) is 2.66. The highest BCUT2D eigenvalue weighted by Gasteiger charge is 2.22. The monoisotopic (exact) mass is 212 g/mol. The number of anilines is 1. The molecule has 2 nitrogen and oxygen atoms in total. The standard InChI is InChI=1S/C11H17ClN2/c1-11(2,3)10(14)7-4-5-8(12)9(13)6-7/h4-6,10H,13-14H2,1-3H3. The Morgan fingerprint density at radius 1 is 1.29 bits per heavy atom. The fourth-order valence-corrected chi connectivity index (χ4v) is 1.37. The highest BCUT2D eigenvalue weighted by molar-refractivity contribution is 6.33. The summed E-state index contributed by atoms with van der Waals surface area (Å²) >= 11 is 5.83. The molecule has 1 unspecified atom stereocenters. The van der Waals surface area contributed by atoms with E-state index < -0.39 is 0 Å². The van der Waals surface area contributed by atoms with E-state index in [0.29, 0.717) is 10.7 Å². The molecule has 0 aromatic heterocycles. The minimum atomic E-state index is -0.0259. The zero-order chi connectivity index (χ0) is 10.9. The van der Waals surface area contributed by atoms with Crippen LogP contribution < -0.4 is 11.5 Å². The maximum absolute atomic E-state index is 6.09. The summed E-state index contributed by atoms with van der Waals surface area (Å²) in [6, 6.07) is 5.53. The average Bonchev–Trinajstić information content (AvgIpc) is 2.07. The molecule has 1 aromatic rings. The van der Waals surface area contributed by atoms with Crippen LogP contribution in [0.4, 0.5) is 5.69 Å². The highest BCUT2D eigenvalue weighted by Crippen LogP contribution is 2.32. The number of nitrogens with two attached hydrogens (primary N) is 2. The first kappa shape index (κ1) is 11.3. The molecule has 0 aliphatic heterocycles. The van der Waals surface area contributed by atoms with Crippen molar-refractivity contribution in [2.24, 2.45) is 11.1 Å². The zero-order valence-corrected chi connectivity index (χ0v) is 9.60. The zero-order valence-electron chi connectivity index (χ0n) is 8.84. The van der Waals surface area contributed by atoms with Crippen LogP contribution in [0.1, 0.15) is 32.4 Å². The molecule has 0 aliphatic carbocycles. The van der Waals surface area contributed by atoms with Crippen molar-refractivity contribution in [2.45, 2.75) is 26.8 Å². The molecule has 1 rings (SSSR count). The third-order valence-electron chi connectivity index (χ3n) is 2.31. The molecule has 0 aliphatic rings. The molecule has 0 saturated carbocycles. The first-order valence-corrected chi connectivity index (χ1v) is 5.00. The van der Waals surface area contributed by atoms with Crippen LogP contribution in [0.2, 0.25) is 5.02 Å². The number of rotatable bonds is 1. The first-order chi connectivity index (χ1) is 6.32. The van der Waals surface area contributed by atoms with Gasteiger partial charge in [-0.15, -0.1) is 0 Å². The molecule has 0 radical (unpaired) electrons. The number of halogens is 1. The van der Waals surface area contributed by atoms with Crippen molar-refractivity contribution in [3.63, 3.8) is 0 Å². The van der Waals surface area contributed by atoms with Crippen molar-refractivity contribution in [3.8, 4) is 0 Å². The third kappa shape index (κ3) is 2.40. The Kier molecular flexibility index (Phi) is 3.07. The molecule has 78 valence electrons. The molecule has 4 N–H and O–H groups in total. The van der Waals surface area contributed by atoms with Gasteiger partial charge >= 0.3 is 0 Å². The van der Waals surface area contributed by atoms with Gasteiger partial charge in [0, 0.05) is 6.04 Å². The van der Waals surface area contributed by atoms with Crippen LogP contribution in [-0.4, -0.2) is 0 Å². The van der Waals surface area contributed by atoms with E-state index in [4.69, 9.17) is 23.1 Å². The lowest BCUT2D eigenvalue weighted by atomic mass is 9.83. The van der Waals surface area contributed by atoms with Crippen LogP contribution in [0.5, 0.6) is 0 Å². The average molecular weight is 213 g/mol. The van der Waals surface area contributed by atoms with E-state index in [2.05, 4.69) is 20.8 Å². The minimum absolute atomic E-state index is 0.0259. The van der Waals surface area contributed by atoms with Crippen molar-refractivity contribution in [2.75, 3.05) is 5.73 Å². The van der Waals surface area contributed by atoms with Gasteiger partial charge < -0.3 is 11.5 Å². The fourth-order valence-electron chi connectivity index (χ4n) is 1.26. The van der Waals surface area contributed by atoms with E-state index in [1.165, 1.54) is 0 Å². The molecule has 1 aromatic carbocycles. The van der Waals surface area contributed by atoms with E-state index >= 15 is 0 Å². The summed E-state index contributed by atoms with van der Waals surface area (Å²) in [7, 11) is 0. The lowest BCUT2D eigenvalue weighted by molar-refractivity contribution is 0.327. The van der Waals surface area contributed by atoms with Crippen LogP contribution >= 0.6 is 11.6 Å². The Labute approximate surface area is 90.2 Å². The van der Waals surface area contributed by atoms with E-state index in [9.17, 15) is 0 Å². The van der Waals surface area contributed by atoms with E-state index in [-0.39, 0.29) is 11.5 Å². The molecule has 1 atom stereocenters. The predicted octanol–water partition coefficient (Wildman–Crippen LogP) is 2.97. The first-order valence-electron chi connectivity index (χ1n) is 4.63. The van der Waals surface area contributed by atoms with Crippen molar-refractivity contribution < 1.29 is 0 Å². The van der Waals surface area contributed by atoms with Gasteiger partial charge in [-0.1, -0.05) is 38.4 Å². The summed E-state index contributed by atoms with van der Waals surface area (Å²) in [6.07, 6.45) is 0. The van der Waals surface area contributed by atoms with Gasteiger partial charge in [-0.25, -0.2) is 0 Å². The molecule has 0 heterocycles. The largest absolute Gasteiger partial charge is 0.398 e. The second kappa shape index (κ2) is 3.79. The highest BCUT2D eigenvalue weighted by atomic mass is 35.5. The number of nitrogen functional groups attached to an aromatic ring is 1. The molecule has 14 heavy (non-hydrogen) atoms. The summed E-state index contributed by atoms with van der Waals surface area (Å²) in [5.41, 5.74) is 13.4. The van der Waals surface area contributed by atoms with E-state index in [1.54, 1.807) is 6.07 Å². The van der Waals surface area contributed by atoms with Gasteiger partial charge in [-0.05, 0) is 23.1 Å². The van der Waals surface area contributed by atoms with Gasteiger partial charge in [-0.2, -0.15) is 0 Å². The Balaban J connectivity index is 3.03. The fraction of sp³-hybridized carbons (Fsp3) is 0.455. The van der Waals surface area contributed by atoms with Crippen LogP contribution in [0, 0.1) is 5.41 Å². The second-order valence-corrected chi connectivity index (χ2v) is 5.03. The number of benzene rings is 1. The number of hydrogen-bond donors (Lipinski definition) is 2. The molecule has 0 bridgehead atoms. The maximum atomic E-state index is 6.09. The van der Waals surface area contributed by atoms with Crippen molar-refractivity contribution in [3.05, 3.63) is 28.8 Å². The second-order valence-electron chi connectivity index (χ2n) is 4.62. The van der Waals surface area contributed by atoms with Gasteiger partial charge in [-0.3, -0.25) is 0 Å². The lowest BCUT2D eigenvalue weighted by Gasteiger charge is -2.27.